The van der Waals surface area contributed by atoms with Crippen LogP contribution >= 0.6 is 0 Å². The van der Waals surface area contributed by atoms with Gasteiger partial charge in [-0.15, -0.1) is 0 Å². The lowest BCUT2D eigenvalue weighted by Crippen LogP contribution is -2.52. The Hall–Kier alpha value is -2.13. The molecule has 2 rings (SSSR count). The zero-order valence-corrected chi connectivity index (χ0v) is 14.0. The van der Waals surface area contributed by atoms with E-state index in [0.717, 1.165) is 24.8 Å². The fraction of sp³-hybridized carbons (Fsp3) is 0.350. The van der Waals surface area contributed by atoms with Crippen LogP contribution in [0.5, 0.6) is 0 Å². The zero-order chi connectivity index (χ0) is 16.7. The molecule has 23 heavy (non-hydrogen) atoms. The van der Waals surface area contributed by atoms with Crippen LogP contribution in [-0.4, -0.2) is 11.9 Å². The average Bonchev–Trinajstić information content (AvgIpc) is 2.56. The normalized spacial score (nSPS) is 14.7. The summed E-state index contributed by atoms with van der Waals surface area (Å²) in [5.74, 6) is -0.127. The summed E-state index contributed by atoms with van der Waals surface area (Å²) >= 11 is 0. The lowest BCUT2D eigenvalue weighted by atomic mass is 9.91. The molecular weight excluding hydrogens is 284 g/mol. The summed E-state index contributed by atoms with van der Waals surface area (Å²) in [6, 6.07) is 19.9. The number of benzene rings is 2. The molecule has 1 amide bonds. The molecule has 3 nitrogen and oxygen atoms in total. The minimum Gasteiger partial charge on any atom is -0.351 e. The molecule has 0 saturated carbocycles. The first-order valence-electron chi connectivity index (χ1n) is 8.23. The van der Waals surface area contributed by atoms with E-state index in [1.165, 1.54) is 5.56 Å². The van der Waals surface area contributed by atoms with Gasteiger partial charge in [-0.25, -0.2) is 0 Å². The van der Waals surface area contributed by atoms with Gasteiger partial charge in [-0.1, -0.05) is 74.0 Å². The SMILES string of the molecule is CCCC(Cc1ccccc1)NC(=O)C(C)(N)c1ccccc1. The van der Waals surface area contributed by atoms with Gasteiger partial charge in [0.15, 0.2) is 0 Å². The maximum atomic E-state index is 12.7. The highest BCUT2D eigenvalue weighted by Gasteiger charge is 2.31. The number of nitrogens with one attached hydrogen (secondary N) is 1. The molecule has 3 heteroatoms. The van der Waals surface area contributed by atoms with Crippen LogP contribution < -0.4 is 11.1 Å². The van der Waals surface area contributed by atoms with Gasteiger partial charge >= 0.3 is 0 Å². The lowest BCUT2D eigenvalue weighted by Gasteiger charge is -2.28. The van der Waals surface area contributed by atoms with Crippen molar-refractivity contribution in [1.29, 1.82) is 0 Å². The molecular formula is C20H26N2O. The van der Waals surface area contributed by atoms with Crippen LogP contribution in [0.2, 0.25) is 0 Å². The Morgan fingerprint density at radius 2 is 1.65 bits per heavy atom. The number of amides is 1. The first-order valence-corrected chi connectivity index (χ1v) is 8.23. The van der Waals surface area contributed by atoms with Gasteiger partial charge in [0, 0.05) is 6.04 Å². The summed E-state index contributed by atoms with van der Waals surface area (Å²) in [5.41, 5.74) is 7.34. The smallest absolute Gasteiger partial charge is 0.244 e. The van der Waals surface area contributed by atoms with E-state index in [1.54, 1.807) is 6.92 Å². The van der Waals surface area contributed by atoms with Crippen molar-refractivity contribution in [2.24, 2.45) is 5.73 Å². The Balaban J connectivity index is 2.08. The molecule has 0 saturated heterocycles. The van der Waals surface area contributed by atoms with Crippen LogP contribution in [0.15, 0.2) is 60.7 Å². The number of carbonyl (C=O) groups excluding carboxylic acids is 1. The monoisotopic (exact) mass is 310 g/mol. The predicted octanol–water partition coefficient (Wildman–Crippen LogP) is 3.39. The summed E-state index contributed by atoms with van der Waals surface area (Å²) in [5, 5.41) is 3.14. The molecule has 0 aliphatic heterocycles. The van der Waals surface area contributed by atoms with Crippen LogP contribution in [0.1, 0.15) is 37.8 Å². The van der Waals surface area contributed by atoms with Crippen LogP contribution in [0.3, 0.4) is 0 Å². The van der Waals surface area contributed by atoms with E-state index in [4.69, 9.17) is 5.73 Å². The average molecular weight is 310 g/mol. The van der Waals surface area contributed by atoms with Crippen molar-refractivity contribution in [2.45, 2.75) is 44.7 Å². The van der Waals surface area contributed by atoms with Gasteiger partial charge in [0.05, 0.1) is 0 Å². The molecule has 2 aromatic carbocycles. The standard InChI is InChI=1S/C20H26N2O/c1-3-10-18(15-16-11-6-4-7-12-16)22-19(23)20(2,21)17-13-8-5-9-14-17/h4-9,11-14,18H,3,10,15,21H2,1-2H3,(H,22,23). The van der Waals surface area contributed by atoms with Crippen molar-refractivity contribution in [3.05, 3.63) is 71.8 Å². The highest BCUT2D eigenvalue weighted by Crippen LogP contribution is 2.18. The van der Waals surface area contributed by atoms with Crippen molar-refractivity contribution < 1.29 is 4.79 Å². The Morgan fingerprint density at radius 3 is 2.22 bits per heavy atom. The van der Waals surface area contributed by atoms with Gasteiger partial charge < -0.3 is 11.1 Å². The van der Waals surface area contributed by atoms with Gasteiger partial charge in [-0.05, 0) is 30.9 Å². The summed E-state index contributed by atoms with van der Waals surface area (Å²) < 4.78 is 0. The lowest BCUT2D eigenvalue weighted by molar-refractivity contribution is -0.126. The number of hydrogen-bond acceptors (Lipinski definition) is 2. The maximum Gasteiger partial charge on any atom is 0.244 e. The molecule has 0 heterocycles. The topological polar surface area (TPSA) is 55.1 Å². The van der Waals surface area contributed by atoms with Crippen molar-refractivity contribution in [1.82, 2.24) is 5.32 Å². The second-order valence-corrected chi connectivity index (χ2v) is 6.22. The third-order valence-corrected chi connectivity index (χ3v) is 4.14. The van der Waals surface area contributed by atoms with Crippen molar-refractivity contribution >= 4 is 5.91 Å². The number of hydrogen-bond donors (Lipinski definition) is 2. The van der Waals surface area contributed by atoms with Crippen molar-refractivity contribution in [3.8, 4) is 0 Å². The summed E-state index contributed by atoms with van der Waals surface area (Å²) in [6.07, 6.45) is 2.78. The molecule has 0 fully saturated rings. The zero-order valence-electron chi connectivity index (χ0n) is 14.0. The van der Waals surface area contributed by atoms with Crippen LogP contribution in [0.25, 0.3) is 0 Å². The highest BCUT2D eigenvalue weighted by molar-refractivity contribution is 5.87. The third-order valence-electron chi connectivity index (χ3n) is 4.14. The van der Waals surface area contributed by atoms with Gasteiger partial charge in [-0.2, -0.15) is 0 Å². The molecule has 0 aromatic heterocycles. The first-order chi connectivity index (χ1) is 11.0. The summed E-state index contributed by atoms with van der Waals surface area (Å²) in [7, 11) is 0. The van der Waals surface area contributed by atoms with Crippen LogP contribution in [0.4, 0.5) is 0 Å². The Morgan fingerprint density at radius 1 is 1.09 bits per heavy atom. The van der Waals surface area contributed by atoms with Crippen LogP contribution in [0, 0.1) is 0 Å². The Kier molecular flexibility index (Phi) is 5.94. The Labute approximate surface area is 138 Å². The van der Waals surface area contributed by atoms with Gasteiger partial charge in [0.1, 0.15) is 5.54 Å². The first kappa shape index (κ1) is 17.2. The maximum absolute atomic E-state index is 12.7. The van der Waals surface area contributed by atoms with E-state index >= 15 is 0 Å². The van der Waals surface area contributed by atoms with E-state index in [0.29, 0.717) is 0 Å². The highest BCUT2D eigenvalue weighted by atomic mass is 16.2. The minimum absolute atomic E-state index is 0.0986. The van der Waals surface area contributed by atoms with E-state index in [1.807, 2.05) is 48.5 Å². The molecule has 2 aromatic rings. The molecule has 0 aliphatic carbocycles. The van der Waals surface area contributed by atoms with Gasteiger partial charge in [0.25, 0.3) is 0 Å². The molecule has 2 atom stereocenters. The quantitative estimate of drug-likeness (QED) is 0.823. The molecule has 0 aliphatic rings. The number of carbonyl (C=O) groups is 1. The van der Waals surface area contributed by atoms with E-state index in [2.05, 4.69) is 24.4 Å². The molecule has 0 radical (unpaired) electrons. The molecule has 122 valence electrons. The molecule has 0 spiro atoms. The summed E-state index contributed by atoms with van der Waals surface area (Å²) in [6.45, 7) is 3.90. The second-order valence-electron chi connectivity index (χ2n) is 6.22. The van der Waals surface area contributed by atoms with E-state index in [-0.39, 0.29) is 11.9 Å². The van der Waals surface area contributed by atoms with Gasteiger partial charge in [0.2, 0.25) is 5.91 Å². The minimum atomic E-state index is -1.02. The summed E-state index contributed by atoms with van der Waals surface area (Å²) in [4.78, 5) is 12.7. The van der Waals surface area contributed by atoms with Crippen molar-refractivity contribution in [3.63, 3.8) is 0 Å². The van der Waals surface area contributed by atoms with Crippen molar-refractivity contribution in [2.75, 3.05) is 0 Å². The molecule has 0 bridgehead atoms. The van der Waals surface area contributed by atoms with E-state index in [9.17, 15) is 4.79 Å². The number of rotatable bonds is 7. The van der Waals surface area contributed by atoms with Gasteiger partial charge in [-0.3, -0.25) is 4.79 Å². The van der Waals surface area contributed by atoms with E-state index < -0.39 is 5.54 Å². The second kappa shape index (κ2) is 7.93. The molecule has 2 unspecified atom stereocenters. The fourth-order valence-corrected chi connectivity index (χ4v) is 2.72. The third kappa shape index (κ3) is 4.67. The fourth-order valence-electron chi connectivity index (χ4n) is 2.72. The molecule has 3 N–H and O–H groups in total. The van der Waals surface area contributed by atoms with Crippen LogP contribution in [-0.2, 0) is 16.8 Å². The predicted molar refractivity (Wildman–Crippen MR) is 95.0 cm³/mol. The Bertz CT molecular complexity index is 608. The largest absolute Gasteiger partial charge is 0.351 e. The number of nitrogens with two attached hydrogens (primary N) is 1.